The van der Waals surface area contributed by atoms with Gasteiger partial charge in [-0.05, 0) is 47.7 Å². The molecule has 0 fully saturated rings. The van der Waals surface area contributed by atoms with Crippen LogP contribution in [-0.2, 0) is 24.2 Å². The third kappa shape index (κ3) is 5.55. The molecule has 0 aliphatic heterocycles. The summed E-state index contributed by atoms with van der Waals surface area (Å²) in [5.41, 5.74) is 3.39. The van der Waals surface area contributed by atoms with Crippen LogP contribution in [0.25, 0.3) is 11.7 Å². The minimum absolute atomic E-state index is 0.181. The minimum atomic E-state index is -1.14. The maximum Gasteiger partial charge on any atom is 0.328 e. The Bertz CT molecular complexity index is 1390. The molecule has 0 radical (unpaired) electrons. The SMILES string of the molecule is CC(C)c1csc(CCc2ccn3c(=O)c(C=CC(=O)O)c(NCc4cccnc4)nc3c2)n1. The van der Waals surface area contributed by atoms with Gasteiger partial charge in [0, 0.05) is 43.0 Å². The van der Waals surface area contributed by atoms with Gasteiger partial charge >= 0.3 is 5.97 Å². The van der Waals surface area contributed by atoms with Crippen molar-refractivity contribution in [2.24, 2.45) is 0 Å². The first kappa shape index (κ1) is 23.3. The molecule has 4 aromatic heterocycles. The lowest BCUT2D eigenvalue weighted by molar-refractivity contribution is -0.131. The molecule has 9 heteroatoms. The predicted molar refractivity (Wildman–Crippen MR) is 133 cm³/mol. The van der Waals surface area contributed by atoms with Crippen LogP contribution in [0.2, 0.25) is 0 Å². The first-order valence-electron chi connectivity index (χ1n) is 10.9. The summed E-state index contributed by atoms with van der Waals surface area (Å²) in [6.45, 7) is 4.66. The van der Waals surface area contributed by atoms with Gasteiger partial charge in [0.1, 0.15) is 11.5 Å². The number of fused-ring (bicyclic) bond motifs is 1. The fourth-order valence-electron chi connectivity index (χ4n) is 3.43. The number of carbonyl (C=O) groups is 1. The van der Waals surface area contributed by atoms with Crippen molar-refractivity contribution in [3.8, 4) is 0 Å². The molecule has 4 aromatic rings. The number of thiazole rings is 1. The number of aromatic nitrogens is 4. The number of anilines is 1. The lowest BCUT2D eigenvalue weighted by Crippen LogP contribution is -2.21. The largest absolute Gasteiger partial charge is 0.478 e. The average molecular weight is 476 g/mol. The van der Waals surface area contributed by atoms with Gasteiger partial charge in [-0.25, -0.2) is 14.8 Å². The van der Waals surface area contributed by atoms with Crippen LogP contribution < -0.4 is 10.9 Å². The normalized spacial score (nSPS) is 11.5. The first-order chi connectivity index (χ1) is 16.4. The minimum Gasteiger partial charge on any atom is -0.478 e. The Labute approximate surface area is 200 Å². The van der Waals surface area contributed by atoms with Crippen molar-refractivity contribution in [1.29, 1.82) is 0 Å². The van der Waals surface area contributed by atoms with E-state index in [1.165, 1.54) is 10.5 Å². The number of rotatable bonds is 9. The topological polar surface area (TPSA) is 109 Å². The van der Waals surface area contributed by atoms with E-state index in [4.69, 9.17) is 10.1 Å². The van der Waals surface area contributed by atoms with Crippen LogP contribution in [0.4, 0.5) is 5.82 Å². The van der Waals surface area contributed by atoms with Gasteiger partial charge in [0.2, 0.25) is 0 Å². The zero-order valence-corrected chi connectivity index (χ0v) is 19.7. The Morgan fingerprint density at radius 2 is 2.09 bits per heavy atom. The van der Waals surface area contributed by atoms with Gasteiger partial charge in [0.15, 0.2) is 0 Å². The number of nitrogens with zero attached hydrogens (tertiary/aromatic N) is 4. The summed E-state index contributed by atoms with van der Waals surface area (Å²) in [6.07, 6.45) is 8.88. The second-order valence-corrected chi connectivity index (χ2v) is 9.09. The van der Waals surface area contributed by atoms with Crippen molar-refractivity contribution < 1.29 is 9.90 Å². The summed E-state index contributed by atoms with van der Waals surface area (Å²) in [4.78, 5) is 37.6. The molecule has 0 aliphatic carbocycles. The van der Waals surface area contributed by atoms with E-state index in [0.29, 0.717) is 23.9 Å². The predicted octanol–water partition coefficient (Wildman–Crippen LogP) is 4.16. The van der Waals surface area contributed by atoms with Gasteiger partial charge in [-0.1, -0.05) is 19.9 Å². The third-order valence-electron chi connectivity index (χ3n) is 5.29. The van der Waals surface area contributed by atoms with Crippen LogP contribution in [-0.4, -0.2) is 30.4 Å². The number of hydrogen-bond acceptors (Lipinski definition) is 7. The molecule has 4 heterocycles. The van der Waals surface area contributed by atoms with E-state index in [0.717, 1.165) is 40.7 Å². The molecule has 8 nitrogen and oxygen atoms in total. The van der Waals surface area contributed by atoms with Gasteiger partial charge < -0.3 is 10.4 Å². The van der Waals surface area contributed by atoms with Gasteiger partial charge in [-0.3, -0.25) is 14.2 Å². The highest BCUT2D eigenvalue weighted by atomic mass is 32.1. The number of hydrogen-bond donors (Lipinski definition) is 2. The second kappa shape index (κ2) is 10.4. The fourth-order valence-corrected chi connectivity index (χ4v) is 4.39. The van der Waals surface area contributed by atoms with Crippen molar-refractivity contribution in [2.75, 3.05) is 5.32 Å². The molecule has 0 aliphatic rings. The van der Waals surface area contributed by atoms with E-state index in [1.54, 1.807) is 29.9 Å². The molecular formula is C25H25N5O3S. The molecule has 4 rings (SSSR count). The van der Waals surface area contributed by atoms with E-state index in [-0.39, 0.29) is 11.1 Å². The number of aliphatic carboxylic acids is 1. The highest BCUT2D eigenvalue weighted by molar-refractivity contribution is 7.09. The lowest BCUT2D eigenvalue weighted by Gasteiger charge is -2.11. The second-order valence-electron chi connectivity index (χ2n) is 8.15. The Morgan fingerprint density at radius 3 is 2.79 bits per heavy atom. The van der Waals surface area contributed by atoms with Gasteiger partial charge in [-0.2, -0.15) is 0 Å². The van der Waals surface area contributed by atoms with Crippen LogP contribution in [0.3, 0.4) is 0 Å². The summed E-state index contributed by atoms with van der Waals surface area (Å²) in [5, 5.41) is 15.4. The van der Waals surface area contributed by atoms with E-state index in [2.05, 4.69) is 34.5 Å². The van der Waals surface area contributed by atoms with Crippen molar-refractivity contribution in [2.45, 2.75) is 39.2 Å². The van der Waals surface area contributed by atoms with Gasteiger partial charge in [0.05, 0.1) is 16.3 Å². The highest BCUT2D eigenvalue weighted by Gasteiger charge is 2.12. The van der Waals surface area contributed by atoms with Crippen molar-refractivity contribution in [1.82, 2.24) is 19.4 Å². The molecule has 0 amide bonds. The zero-order chi connectivity index (χ0) is 24.1. The van der Waals surface area contributed by atoms with E-state index in [9.17, 15) is 9.59 Å². The van der Waals surface area contributed by atoms with E-state index in [1.807, 2.05) is 24.3 Å². The summed E-state index contributed by atoms with van der Waals surface area (Å²) in [7, 11) is 0. The lowest BCUT2D eigenvalue weighted by atomic mass is 10.1. The number of pyridine rings is 2. The summed E-state index contributed by atoms with van der Waals surface area (Å²) in [6, 6.07) is 7.50. The number of aryl methyl sites for hydroxylation is 2. The highest BCUT2D eigenvalue weighted by Crippen LogP contribution is 2.20. The van der Waals surface area contributed by atoms with Crippen LogP contribution in [0.5, 0.6) is 0 Å². The summed E-state index contributed by atoms with van der Waals surface area (Å²) >= 11 is 1.67. The molecule has 0 spiro atoms. The average Bonchev–Trinajstić information content (AvgIpc) is 3.31. The zero-order valence-electron chi connectivity index (χ0n) is 18.9. The Kier molecular flexibility index (Phi) is 7.12. The molecule has 0 unspecified atom stereocenters. The summed E-state index contributed by atoms with van der Waals surface area (Å²) < 4.78 is 1.43. The Morgan fingerprint density at radius 1 is 1.24 bits per heavy atom. The third-order valence-corrected chi connectivity index (χ3v) is 6.22. The van der Waals surface area contributed by atoms with Crippen LogP contribution in [0, 0.1) is 0 Å². The standard InChI is InChI=1S/C25H25N5O3S/c1-16(2)20-15-34-22(28-20)7-5-17-9-11-30-21(12-17)29-24(19(25(30)33)6-8-23(31)32)27-14-18-4-3-10-26-13-18/h3-4,6,8-13,15-16,27H,5,7,14H2,1-2H3,(H,31,32). The van der Waals surface area contributed by atoms with Gasteiger partial charge in [0.25, 0.3) is 5.56 Å². The van der Waals surface area contributed by atoms with Crippen LogP contribution in [0.1, 0.15) is 47.2 Å². The Balaban J connectivity index is 1.64. The van der Waals surface area contributed by atoms with Crippen molar-refractivity contribution in [3.63, 3.8) is 0 Å². The maximum absolute atomic E-state index is 13.1. The molecule has 0 saturated heterocycles. The van der Waals surface area contributed by atoms with Crippen molar-refractivity contribution >= 4 is 34.8 Å². The monoisotopic (exact) mass is 475 g/mol. The molecular weight excluding hydrogens is 450 g/mol. The number of carboxylic acids is 1. The van der Waals surface area contributed by atoms with Crippen LogP contribution in [0.15, 0.2) is 59.1 Å². The molecule has 0 aromatic carbocycles. The Hall–Kier alpha value is -3.85. The fraction of sp³-hybridized carbons (Fsp3) is 0.240. The maximum atomic E-state index is 13.1. The smallest absolute Gasteiger partial charge is 0.328 e. The molecule has 0 atom stereocenters. The first-order valence-corrected chi connectivity index (χ1v) is 11.8. The molecule has 34 heavy (non-hydrogen) atoms. The molecule has 0 bridgehead atoms. The van der Waals surface area contributed by atoms with E-state index >= 15 is 0 Å². The van der Waals surface area contributed by atoms with Crippen LogP contribution >= 0.6 is 11.3 Å². The molecule has 0 saturated carbocycles. The quantitative estimate of drug-likeness (QED) is 0.350. The van der Waals surface area contributed by atoms with Gasteiger partial charge in [-0.15, -0.1) is 11.3 Å². The van der Waals surface area contributed by atoms with E-state index < -0.39 is 5.97 Å². The number of carboxylic acid groups (broad SMARTS) is 1. The number of nitrogens with one attached hydrogen (secondary N) is 1. The summed E-state index contributed by atoms with van der Waals surface area (Å²) in [5.74, 6) is -0.408. The molecule has 2 N–H and O–H groups in total. The molecule has 174 valence electrons. The van der Waals surface area contributed by atoms with Crippen molar-refractivity contribution in [3.05, 3.63) is 92.1 Å².